The lowest BCUT2D eigenvalue weighted by Gasteiger charge is -2.22. The number of carbonyl (C=O) groups is 1. The molecule has 0 aliphatic heterocycles. The zero-order valence-electron chi connectivity index (χ0n) is 16.0. The van der Waals surface area contributed by atoms with Crippen LogP contribution >= 0.6 is 22.9 Å². The van der Waals surface area contributed by atoms with E-state index < -0.39 is 21.5 Å². The van der Waals surface area contributed by atoms with Crippen molar-refractivity contribution in [3.8, 4) is 0 Å². The molecule has 0 spiro atoms. The molecule has 0 fully saturated rings. The first-order chi connectivity index (χ1) is 13.8. The van der Waals surface area contributed by atoms with Crippen molar-refractivity contribution in [1.29, 1.82) is 0 Å². The van der Waals surface area contributed by atoms with E-state index in [1.54, 1.807) is 16.2 Å². The molecule has 0 saturated carbocycles. The Morgan fingerprint density at radius 1 is 1.00 bits per heavy atom. The number of rotatable bonds is 8. The molecule has 3 rings (SSSR count). The number of hydrogen-bond donors (Lipinski definition) is 0. The average molecular weight is 448 g/mol. The summed E-state index contributed by atoms with van der Waals surface area (Å²) in [6.07, 6.45) is 0.665. The van der Waals surface area contributed by atoms with Crippen molar-refractivity contribution in [1.82, 2.24) is 4.90 Å². The third-order valence-electron chi connectivity index (χ3n) is 4.49. The highest BCUT2D eigenvalue weighted by molar-refractivity contribution is 7.92. The van der Waals surface area contributed by atoms with E-state index in [-0.39, 0.29) is 4.90 Å². The van der Waals surface area contributed by atoms with E-state index in [2.05, 4.69) is 0 Å². The van der Waals surface area contributed by atoms with Crippen LogP contribution in [-0.4, -0.2) is 31.5 Å². The number of halogens is 1. The maximum Gasteiger partial charge on any atom is 0.238 e. The largest absolute Gasteiger partial charge is 0.336 e. The van der Waals surface area contributed by atoms with Crippen LogP contribution in [0.15, 0.2) is 71.6 Å². The zero-order valence-corrected chi connectivity index (χ0v) is 18.4. The molecule has 3 aromatic rings. The predicted octanol–water partition coefficient (Wildman–Crippen LogP) is 4.76. The standard InChI is InChI=1S/C22H22ClNO3S2/c1-17-7-10-20(28-17)15-24(14-13-18-5-3-2-4-6-18)22(25)16-29(26,27)21-11-8-19(23)9-12-21/h2-12H,13-16H2,1H3. The minimum Gasteiger partial charge on any atom is -0.336 e. The van der Waals surface area contributed by atoms with Crippen LogP contribution in [-0.2, 0) is 27.6 Å². The van der Waals surface area contributed by atoms with Crippen molar-refractivity contribution in [3.05, 3.63) is 87.1 Å². The lowest BCUT2D eigenvalue weighted by molar-refractivity contribution is -0.129. The summed E-state index contributed by atoms with van der Waals surface area (Å²) in [4.78, 5) is 16.9. The molecular formula is C22H22ClNO3S2. The molecule has 0 aliphatic carbocycles. The number of aryl methyl sites for hydroxylation is 1. The summed E-state index contributed by atoms with van der Waals surface area (Å²) in [6, 6.07) is 19.7. The van der Waals surface area contributed by atoms with Gasteiger partial charge >= 0.3 is 0 Å². The second-order valence-electron chi connectivity index (χ2n) is 6.78. The molecule has 1 aromatic heterocycles. The fourth-order valence-corrected chi connectivity index (χ4v) is 5.20. The fraction of sp³-hybridized carbons (Fsp3) is 0.227. The van der Waals surface area contributed by atoms with Crippen LogP contribution in [0.4, 0.5) is 0 Å². The lowest BCUT2D eigenvalue weighted by Crippen LogP contribution is -2.36. The summed E-state index contributed by atoms with van der Waals surface area (Å²) < 4.78 is 25.4. The van der Waals surface area contributed by atoms with Crippen molar-refractivity contribution >= 4 is 38.7 Å². The van der Waals surface area contributed by atoms with E-state index in [1.807, 2.05) is 49.4 Å². The second kappa shape index (κ2) is 9.57. The first-order valence-electron chi connectivity index (χ1n) is 9.19. The lowest BCUT2D eigenvalue weighted by atomic mass is 10.1. The highest BCUT2D eigenvalue weighted by Crippen LogP contribution is 2.20. The molecule has 4 nitrogen and oxygen atoms in total. The van der Waals surface area contributed by atoms with Crippen molar-refractivity contribution in [2.24, 2.45) is 0 Å². The molecule has 152 valence electrons. The number of hydrogen-bond acceptors (Lipinski definition) is 4. The summed E-state index contributed by atoms with van der Waals surface area (Å²) in [7, 11) is -3.74. The molecule has 0 aliphatic rings. The number of thiophene rings is 1. The van der Waals surface area contributed by atoms with Crippen LogP contribution in [0.2, 0.25) is 5.02 Å². The van der Waals surface area contributed by atoms with Gasteiger partial charge in [0.25, 0.3) is 0 Å². The molecule has 7 heteroatoms. The van der Waals surface area contributed by atoms with Gasteiger partial charge in [-0.05, 0) is 55.3 Å². The van der Waals surface area contributed by atoms with Gasteiger partial charge in [-0.3, -0.25) is 4.79 Å². The highest BCUT2D eigenvalue weighted by Gasteiger charge is 2.24. The van der Waals surface area contributed by atoms with E-state index in [4.69, 9.17) is 11.6 Å². The van der Waals surface area contributed by atoms with Crippen molar-refractivity contribution in [2.75, 3.05) is 12.3 Å². The number of sulfone groups is 1. The molecule has 0 atom stereocenters. The Balaban J connectivity index is 1.76. The number of carbonyl (C=O) groups excluding carboxylic acids is 1. The smallest absolute Gasteiger partial charge is 0.238 e. The summed E-state index contributed by atoms with van der Waals surface area (Å²) >= 11 is 7.45. The minimum absolute atomic E-state index is 0.102. The van der Waals surface area contributed by atoms with E-state index >= 15 is 0 Å². The summed E-state index contributed by atoms with van der Waals surface area (Å²) in [6.45, 7) is 2.87. The molecule has 2 aromatic carbocycles. The third-order valence-corrected chi connectivity index (χ3v) is 7.35. The molecule has 1 amide bonds. The highest BCUT2D eigenvalue weighted by atomic mass is 35.5. The second-order valence-corrected chi connectivity index (χ2v) is 10.6. The van der Waals surface area contributed by atoms with Crippen LogP contribution in [0.1, 0.15) is 15.3 Å². The maximum absolute atomic E-state index is 13.0. The van der Waals surface area contributed by atoms with Crippen LogP contribution < -0.4 is 0 Å². The van der Waals surface area contributed by atoms with Crippen molar-refractivity contribution < 1.29 is 13.2 Å². The maximum atomic E-state index is 13.0. The van der Waals surface area contributed by atoms with Gasteiger partial charge in [0.05, 0.1) is 11.4 Å². The molecule has 0 N–H and O–H groups in total. The van der Waals surface area contributed by atoms with Gasteiger partial charge in [-0.25, -0.2) is 8.42 Å². The number of benzene rings is 2. The Bertz CT molecular complexity index is 1060. The minimum atomic E-state index is -3.74. The Kier molecular flexibility index (Phi) is 7.11. The first-order valence-corrected chi connectivity index (χ1v) is 12.0. The van der Waals surface area contributed by atoms with E-state index in [0.717, 1.165) is 15.3 Å². The van der Waals surface area contributed by atoms with Gasteiger partial charge in [-0.15, -0.1) is 11.3 Å². The van der Waals surface area contributed by atoms with Gasteiger partial charge in [0.2, 0.25) is 5.91 Å². The summed E-state index contributed by atoms with van der Waals surface area (Å²) in [5.74, 6) is -0.963. The van der Waals surface area contributed by atoms with Crippen LogP contribution in [0.25, 0.3) is 0 Å². The van der Waals surface area contributed by atoms with Crippen LogP contribution in [0.3, 0.4) is 0 Å². The molecule has 29 heavy (non-hydrogen) atoms. The average Bonchev–Trinajstić information content (AvgIpc) is 3.10. The monoisotopic (exact) mass is 447 g/mol. The van der Waals surface area contributed by atoms with Gasteiger partial charge in [0.15, 0.2) is 9.84 Å². The van der Waals surface area contributed by atoms with Gasteiger partial charge in [0.1, 0.15) is 5.75 Å². The van der Waals surface area contributed by atoms with E-state index in [9.17, 15) is 13.2 Å². The van der Waals surface area contributed by atoms with Crippen molar-refractivity contribution in [3.63, 3.8) is 0 Å². The predicted molar refractivity (Wildman–Crippen MR) is 118 cm³/mol. The van der Waals surface area contributed by atoms with Crippen LogP contribution in [0, 0.1) is 6.92 Å². The van der Waals surface area contributed by atoms with Gasteiger partial charge in [0, 0.05) is 21.3 Å². The Labute approximate surface area is 180 Å². The van der Waals surface area contributed by atoms with Gasteiger partial charge < -0.3 is 4.90 Å². The normalized spacial score (nSPS) is 11.4. The topological polar surface area (TPSA) is 54.5 Å². The van der Waals surface area contributed by atoms with E-state index in [1.165, 1.54) is 24.3 Å². The molecular weight excluding hydrogens is 426 g/mol. The number of amides is 1. The fourth-order valence-electron chi connectivity index (χ4n) is 2.94. The Morgan fingerprint density at radius 3 is 2.31 bits per heavy atom. The molecule has 0 saturated heterocycles. The summed E-state index contributed by atoms with van der Waals surface area (Å²) in [5, 5.41) is 0.452. The summed E-state index contributed by atoms with van der Waals surface area (Å²) in [5.41, 5.74) is 1.10. The van der Waals surface area contributed by atoms with Gasteiger partial charge in [-0.1, -0.05) is 41.9 Å². The third kappa shape index (κ3) is 6.16. The molecule has 0 radical (unpaired) electrons. The molecule has 1 heterocycles. The van der Waals surface area contributed by atoms with Crippen LogP contribution in [0.5, 0.6) is 0 Å². The first kappa shape index (κ1) is 21.6. The molecule has 0 unspecified atom stereocenters. The Hall–Kier alpha value is -2.15. The quantitative estimate of drug-likeness (QED) is 0.500. The SMILES string of the molecule is Cc1ccc(CN(CCc2ccccc2)C(=O)CS(=O)(=O)c2ccc(Cl)cc2)s1. The van der Waals surface area contributed by atoms with E-state index in [0.29, 0.717) is 24.5 Å². The van der Waals surface area contributed by atoms with Gasteiger partial charge in [-0.2, -0.15) is 0 Å². The zero-order chi connectivity index (χ0) is 20.9. The Morgan fingerprint density at radius 2 is 1.69 bits per heavy atom. The molecule has 0 bridgehead atoms. The number of nitrogens with zero attached hydrogens (tertiary/aromatic N) is 1. The van der Waals surface area contributed by atoms with Crippen molar-refractivity contribution in [2.45, 2.75) is 24.8 Å².